The normalized spacial score (nSPS) is 11.6. The molecule has 180 valence electrons. The molecule has 0 spiro atoms. The number of fused-ring (bicyclic) bond motifs is 1. The molecule has 2 aromatic carbocycles. The van der Waals surface area contributed by atoms with Gasteiger partial charge in [-0.05, 0) is 43.3 Å². The van der Waals surface area contributed by atoms with E-state index in [1.807, 2.05) is 19.1 Å². The van der Waals surface area contributed by atoms with Gasteiger partial charge in [-0.15, -0.1) is 13.2 Å². The highest BCUT2D eigenvalue weighted by Crippen LogP contribution is 2.31. The van der Waals surface area contributed by atoms with Crippen LogP contribution in [-0.2, 0) is 10.0 Å². The van der Waals surface area contributed by atoms with Crippen molar-refractivity contribution >= 4 is 54.9 Å². The van der Waals surface area contributed by atoms with Crippen molar-refractivity contribution in [3.63, 3.8) is 0 Å². The molecular formula is C24H22ClN5O3S2. The molecule has 2 aromatic heterocycles. The van der Waals surface area contributed by atoms with E-state index in [1.54, 1.807) is 16.8 Å². The van der Waals surface area contributed by atoms with E-state index in [1.165, 1.54) is 52.1 Å². The third-order valence-electron chi connectivity index (χ3n) is 5.03. The van der Waals surface area contributed by atoms with E-state index in [0.29, 0.717) is 32.7 Å². The highest BCUT2D eigenvalue weighted by molar-refractivity contribution is 7.89. The van der Waals surface area contributed by atoms with Crippen LogP contribution >= 0.6 is 22.9 Å². The quantitative estimate of drug-likeness (QED) is 0.307. The number of halogens is 1. The summed E-state index contributed by atoms with van der Waals surface area (Å²) >= 11 is 7.65. The van der Waals surface area contributed by atoms with Gasteiger partial charge in [0.15, 0.2) is 0 Å². The maximum Gasteiger partial charge on any atom is 0.256 e. The third kappa shape index (κ3) is 5.06. The number of benzene rings is 2. The summed E-state index contributed by atoms with van der Waals surface area (Å²) in [4.78, 5) is 17.6. The van der Waals surface area contributed by atoms with Crippen molar-refractivity contribution in [1.29, 1.82) is 0 Å². The standard InChI is InChI=1S/C24H22ClN5O3S2/c1-4-13-29(14-5-2)35(32,33)18-11-9-17(10-12-18)23(31)26-21-15-16(3)28-30(21)24-27-22-19(25)7-6-8-20(22)34-24/h4-12,15H,1-2,13-14H2,3H3,(H,26,31). The minimum atomic E-state index is -3.76. The summed E-state index contributed by atoms with van der Waals surface area (Å²) in [6.45, 7) is 9.32. The predicted octanol–water partition coefficient (Wildman–Crippen LogP) is 5.06. The minimum absolute atomic E-state index is 0.0741. The Labute approximate surface area is 212 Å². The van der Waals surface area contributed by atoms with Crippen molar-refractivity contribution in [3.05, 3.63) is 90.1 Å². The summed E-state index contributed by atoms with van der Waals surface area (Å²) in [5.74, 6) is 0.0193. The molecular weight excluding hydrogens is 506 g/mol. The number of rotatable bonds is 9. The van der Waals surface area contributed by atoms with E-state index in [4.69, 9.17) is 11.6 Å². The van der Waals surface area contributed by atoms with E-state index in [2.05, 4.69) is 28.6 Å². The van der Waals surface area contributed by atoms with Gasteiger partial charge < -0.3 is 5.32 Å². The average molecular weight is 528 g/mol. The summed E-state index contributed by atoms with van der Waals surface area (Å²) in [6.07, 6.45) is 3.01. The number of carbonyl (C=O) groups excluding carboxylic acids is 1. The van der Waals surface area contributed by atoms with Crippen LogP contribution in [0.1, 0.15) is 16.1 Å². The largest absolute Gasteiger partial charge is 0.306 e. The lowest BCUT2D eigenvalue weighted by atomic mass is 10.2. The first-order valence-corrected chi connectivity index (χ1v) is 13.1. The lowest BCUT2D eigenvalue weighted by Crippen LogP contribution is -2.31. The Morgan fingerprint density at radius 1 is 1.17 bits per heavy atom. The first kappa shape index (κ1) is 24.8. The zero-order chi connectivity index (χ0) is 25.2. The van der Waals surface area contributed by atoms with Crippen LogP contribution in [0.4, 0.5) is 5.82 Å². The molecule has 11 heteroatoms. The Balaban J connectivity index is 1.58. The van der Waals surface area contributed by atoms with Crippen molar-refractivity contribution in [3.8, 4) is 5.13 Å². The molecule has 2 heterocycles. The summed E-state index contributed by atoms with van der Waals surface area (Å²) in [6, 6.07) is 13.0. The Morgan fingerprint density at radius 2 is 1.86 bits per heavy atom. The highest BCUT2D eigenvalue weighted by Gasteiger charge is 2.23. The van der Waals surface area contributed by atoms with E-state index in [-0.39, 0.29) is 18.0 Å². The zero-order valence-corrected chi connectivity index (χ0v) is 21.2. The van der Waals surface area contributed by atoms with E-state index in [0.717, 1.165) is 4.70 Å². The molecule has 4 aromatic rings. The molecule has 0 radical (unpaired) electrons. The van der Waals surface area contributed by atoms with Gasteiger partial charge in [0.2, 0.25) is 15.2 Å². The number of hydrogen-bond donors (Lipinski definition) is 1. The Hall–Kier alpha value is -3.31. The molecule has 0 unspecified atom stereocenters. The number of sulfonamides is 1. The van der Waals surface area contributed by atoms with Gasteiger partial charge >= 0.3 is 0 Å². The van der Waals surface area contributed by atoms with Gasteiger partial charge in [0.1, 0.15) is 11.3 Å². The monoisotopic (exact) mass is 527 g/mol. The SMILES string of the molecule is C=CCN(CC=C)S(=O)(=O)c1ccc(C(=O)Nc2cc(C)nn2-c2nc3c(Cl)cccc3s2)cc1. The van der Waals surface area contributed by atoms with Crippen LogP contribution < -0.4 is 5.32 Å². The van der Waals surface area contributed by atoms with Gasteiger partial charge in [-0.3, -0.25) is 4.79 Å². The van der Waals surface area contributed by atoms with Gasteiger partial charge in [0.05, 0.1) is 20.3 Å². The van der Waals surface area contributed by atoms with Crippen molar-refractivity contribution < 1.29 is 13.2 Å². The second kappa shape index (κ2) is 10.1. The topological polar surface area (TPSA) is 97.2 Å². The number of amides is 1. The van der Waals surface area contributed by atoms with Gasteiger partial charge in [-0.1, -0.05) is 41.2 Å². The first-order valence-electron chi connectivity index (χ1n) is 10.5. The molecule has 0 bridgehead atoms. The van der Waals surface area contributed by atoms with Crippen LogP contribution in [0.3, 0.4) is 0 Å². The lowest BCUT2D eigenvalue weighted by molar-refractivity contribution is 0.102. The predicted molar refractivity (Wildman–Crippen MR) is 140 cm³/mol. The number of anilines is 1. The Morgan fingerprint density at radius 3 is 2.49 bits per heavy atom. The fourth-order valence-electron chi connectivity index (χ4n) is 3.40. The maximum absolute atomic E-state index is 13.0. The number of aryl methyl sites for hydroxylation is 1. The summed E-state index contributed by atoms with van der Waals surface area (Å²) in [7, 11) is -3.76. The number of para-hydroxylation sites is 1. The molecule has 0 aliphatic carbocycles. The Kier molecular flexibility index (Phi) is 7.18. The number of nitrogens with one attached hydrogen (secondary N) is 1. The molecule has 1 amide bonds. The number of hydrogen-bond acceptors (Lipinski definition) is 6. The van der Waals surface area contributed by atoms with Crippen molar-refractivity contribution in [2.75, 3.05) is 18.4 Å². The fourth-order valence-corrected chi connectivity index (χ4v) is 6.02. The van der Waals surface area contributed by atoms with Gasteiger partial charge in [-0.2, -0.15) is 14.1 Å². The second-order valence-electron chi connectivity index (χ2n) is 7.54. The van der Waals surface area contributed by atoms with Gasteiger partial charge in [-0.25, -0.2) is 13.4 Å². The number of thiazole rings is 1. The smallest absolute Gasteiger partial charge is 0.256 e. The molecule has 0 aliphatic rings. The van der Waals surface area contributed by atoms with Crippen molar-refractivity contribution in [2.24, 2.45) is 0 Å². The molecule has 1 N–H and O–H groups in total. The number of carbonyl (C=O) groups is 1. The van der Waals surface area contributed by atoms with E-state index >= 15 is 0 Å². The molecule has 4 rings (SSSR count). The number of aromatic nitrogens is 3. The lowest BCUT2D eigenvalue weighted by Gasteiger charge is -2.19. The maximum atomic E-state index is 13.0. The first-order chi connectivity index (χ1) is 16.7. The molecule has 0 fully saturated rings. The number of nitrogens with zero attached hydrogens (tertiary/aromatic N) is 4. The van der Waals surface area contributed by atoms with Crippen molar-refractivity contribution in [1.82, 2.24) is 19.1 Å². The third-order valence-corrected chi connectivity index (χ3v) is 8.18. The average Bonchev–Trinajstić information content (AvgIpc) is 3.43. The summed E-state index contributed by atoms with van der Waals surface area (Å²) < 4.78 is 29.5. The summed E-state index contributed by atoms with van der Waals surface area (Å²) in [5.41, 5.74) is 1.65. The van der Waals surface area contributed by atoms with Gasteiger partial charge in [0.25, 0.3) is 5.91 Å². The molecule has 8 nitrogen and oxygen atoms in total. The molecule has 0 saturated heterocycles. The molecule has 0 aliphatic heterocycles. The zero-order valence-electron chi connectivity index (χ0n) is 18.8. The fraction of sp³-hybridized carbons (Fsp3) is 0.125. The van der Waals surface area contributed by atoms with Crippen LogP contribution in [0.2, 0.25) is 5.02 Å². The molecule has 0 atom stereocenters. The highest BCUT2D eigenvalue weighted by atomic mass is 35.5. The molecule has 0 saturated carbocycles. The second-order valence-corrected chi connectivity index (χ2v) is 10.9. The van der Waals surface area contributed by atoms with Crippen LogP contribution in [0.25, 0.3) is 15.3 Å². The minimum Gasteiger partial charge on any atom is -0.306 e. The van der Waals surface area contributed by atoms with Crippen LogP contribution in [0.5, 0.6) is 0 Å². The van der Waals surface area contributed by atoms with Crippen LogP contribution in [-0.4, -0.2) is 46.5 Å². The van der Waals surface area contributed by atoms with E-state index < -0.39 is 15.9 Å². The van der Waals surface area contributed by atoms with Crippen LogP contribution in [0, 0.1) is 6.92 Å². The van der Waals surface area contributed by atoms with E-state index in [9.17, 15) is 13.2 Å². The Bertz CT molecular complexity index is 1510. The van der Waals surface area contributed by atoms with Gasteiger partial charge in [0, 0.05) is 24.7 Å². The van der Waals surface area contributed by atoms with Crippen molar-refractivity contribution in [2.45, 2.75) is 11.8 Å². The summed E-state index contributed by atoms with van der Waals surface area (Å²) in [5, 5.41) is 8.39. The molecule has 35 heavy (non-hydrogen) atoms. The van der Waals surface area contributed by atoms with Crippen LogP contribution in [0.15, 0.2) is 78.7 Å².